The number of nitrogens with one attached hydrogen (secondary N) is 4. The molecule has 1 aromatic carbocycles. The number of hydrogen-bond donors (Lipinski definition) is 4. The van der Waals surface area contributed by atoms with E-state index in [9.17, 15) is 9.59 Å². The number of aromatic nitrogens is 3. The number of halogens is 3. The first-order valence-electron chi connectivity index (χ1n) is 16.6. The minimum atomic E-state index is -0.481. The third kappa shape index (κ3) is 8.15. The highest BCUT2D eigenvalue weighted by atomic mass is 35.5. The molecule has 0 bridgehead atoms. The number of piperidine rings is 1. The molecule has 2 saturated heterocycles. The van der Waals surface area contributed by atoms with Gasteiger partial charge in [-0.25, -0.2) is 14.4 Å². The normalized spacial score (nSPS) is 16.4. The van der Waals surface area contributed by atoms with Crippen LogP contribution >= 0.6 is 23.2 Å². The van der Waals surface area contributed by atoms with Crippen LogP contribution in [0.25, 0.3) is 22.5 Å². The maximum atomic E-state index is 15.7. The van der Waals surface area contributed by atoms with Crippen molar-refractivity contribution in [2.45, 2.75) is 45.3 Å². The van der Waals surface area contributed by atoms with Crippen molar-refractivity contribution < 1.29 is 18.7 Å². The minimum absolute atomic E-state index is 0.0434. The molecule has 0 aliphatic carbocycles. The number of amides is 2. The first kappa shape index (κ1) is 35.5. The van der Waals surface area contributed by atoms with Crippen molar-refractivity contribution in [3.8, 4) is 28.4 Å². The van der Waals surface area contributed by atoms with E-state index in [-0.39, 0.29) is 29.6 Å². The molecule has 5 heterocycles. The predicted molar refractivity (Wildman–Crippen MR) is 192 cm³/mol. The Labute approximate surface area is 300 Å². The van der Waals surface area contributed by atoms with Gasteiger partial charge in [-0.1, -0.05) is 41.4 Å². The van der Waals surface area contributed by atoms with Gasteiger partial charge in [0, 0.05) is 93.3 Å². The Morgan fingerprint density at radius 1 is 1.02 bits per heavy atom. The van der Waals surface area contributed by atoms with E-state index >= 15 is 4.39 Å². The summed E-state index contributed by atoms with van der Waals surface area (Å²) in [5.41, 5.74) is 3.99. The zero-order valence-electron chi connectivity index (χ0n) is 27.9. The van der Waals surface area contributed by atoms with Gasteiger partial charge < -0.3 is 30.9 Å². The van der Waals surface area contributed by atoms with Crippen LogP contribution in [0.4, 0.5) is 15.9 Å². The van der Waals surface area contributed by atoms with Gasteiger partial charge in [-0.05, 0) is 43.0 Å². The average molecular weight is 722 g/mol. The molecule has 4 N–H and O–H groups in total. The zero-order chi connectivity index (χ0) is 35.2. The van der Waals surface area contributed by atoms with Crippen molar-refractivity contribution in [2.75, 3.05) is 38.6 Å². The second-order valence-corrected chi connectivity index (χ2v) is 13.2. The van der Waals surface area contributed by atoms with E-state index in [0.29, 0.717) is 95.4 Å². The van der Waals surface area contributed by atoms with E-state index in [1.807, 2.05) is 17.0 Å². The second kappa shape index (κ2) is 16.1. The summed E-state index contributed by atoms with van der Waals surface area (Å²) in [6, 6.07) is 12.7. The van der Waals surface area contributed by atoms with Crippen LogP contribution in [0, 0.1) is 11.7 Å². The van der Waals surface area contributed by atoms with Gasteiger partial charge in [-0.15, -0.1) is 0 Å². The lowest BCUT2D eigenvalue weighted by atomic mass is 10.0. The summed E-state index contributed by atoms with van der Waals surface area (Å²) >= 11 is 13.9. The van der Waals surface area contributed by atoms with Crippen LogP contribution in [0.1, 0.15) is 37.3 Å². The van der Waals surface area contributed by atoms with E-state index < -0.39 is 5.82 Å². The Balaban J connectivity index is 1.16. The maximum absolute atomic E-state index is 15.7. The molecule has 3 aromatic heterocycles. The van der Waals surface area contributed by atoms with Crippen molar-refractivity contribution in [1.82, 2.24) is 35.8 Å². The largest absolute Gasteiger partial charge is 0.481 e. The molecule has 1 unspecified atom stereocenters. The van der Waals surface area contributed by atoms with Crippen molar-refractivity contribution in [2.24, 2.45) is 5.92 Å². The Morgan fingerprint density at radius 3 is 2.56 bits per heavy atom. The molecule has 262 valence electrons. The van der Waals surface area contributed by atoms with Gasteiger partial charge in [0.15, 0.2) is 11.6 Å². The van der Waals surface area contributed by atoms with Crippen LogP contribution in [0.3, 0.4) is 0 Å². The number of carbonyl (C=O) groups excluding carboxylic acids is 2. The number of benzene rings is 1. The van der Waals surface area contributed by atoms with Gasteiger partial charge in [0.25, 0.3) is 0 Å². The Morgan fingerprint density at radius 2 is 1.82 bits per heavy atom. The molecule has 2 aliphatic rings. The van der Waals surface area contributed by atoms with E-state index in [1.165, 1.54) is 0 Å². The van der Waals surface area contributed by atoms with Crippen LogP contribution in [0.2, 0.25) is 10.0 Å². The number of likely N-dealkylation sites (tertiary alicyclic amines) is 1. The molecule has 0 radical (unpaired) electrons. The minimum Gasteiger partial charge on any atom is -0.481 e. The highest BCUT2D eigenvalue weighted by Crippen LogP contribution is 2.41. The molecule has 0 saturated carbocycles. The molecule has 0 spiro atoms. The number of ether oxygens (including phenoxy) is 1. The summed E-state index contributed by atoms with van der Waals surface area (Å²) in [6.45, 7) is 5.19. The lowest BCUT2D eigenvalue weighted by Gasteiger charge is -2.31. The van der Waals surface area contributed by atoms with Crippen LogP contribution in [-0.2, 0) is 22.7 Å². The van der Waals surface area contributed by atoms with Gasteiger partial charge in [0.1, 0.15) is 0 Å². The number of carbonyl (C=O) groups is 2. The van der Waals surface area contributed by atoms with E-state index in [0.717, 1.165) is 18.4 Å². The number of hydrogen-bond acceptors (Lipinski definition) is 9. The molecular weight excluding hydrogens is 682 g/mol. The van der Waals surface area contributed by atoms with Gasteiger partial charge in [-0.3, -0.25) is 14.6 Å². The molecule has 14 heteroatoms. The first-order valence-corrected chi connectivity index (χ1v) is 17.3. The maximum Gasteiger partial charge on any atom is 0.220 e. The van der Waals surface area contributed by atoms with Crippen molar-refractivity contribution in [3.05, 3.63) is 81.8 Å². The summed E-state index contributed by atoms with van der Waals surface area (Å²) in [5.74, 6) is 0.436. The molecule has 2 aliphatic heterocycles. The summed E-state index contributed by atoms with van der Waals surface area (Å²) in [4.78, 5) is 38.5. The molecule has 1 atom stereocenters. The van der Waals surface area contributed by atoms with Crippen LogP contribution in [-0.4, -0.2) is 71.0 Å². The lowest BCUT2D eigenvalue weighted by molar-refractivity contribution is -0.130. The monoisotopic (exact) mass is 720 g/mol. The van der Waals surface area contributed by atoms with E-state index in [2.05, 4.69) is 31.2 Å². The smallest absolute Gasteiger partial charge is 0.220 e. The molecule has 2 amide bonds. The Hall–Kier alpha value is -4.36. The summed E-state index contributed by atoms with van der Waals surface area (Å²) < 4.78 is 21.3. The third-order valence-electron chi connectivity index (χ3n) is 9.11. The Bertz CT molecular complexity index is 1870. The van der Waals surface area contributed by atoms with Crippen LogP contribution in [0.5, 0.6) is 5.88 Å². The van der Waals surface area contributed by atoms with Gasteiger partial charge in [0.05, 0.1) is 34.2 Å². The van der Waals surface area contributed by atoms with Crippen molar-refractivity contribution in [1.29, 1.82) is 0 Å². The highest BCUT2D eigenvalue weighted by molar-refractivity contribution is 6.39. The number of methoxy groups -OCH3 is 1. The van der Waals surface area contributed by atoms with Crippen LogP contribution < -0.4 is 26.0 Å². The van der Waals surface area contributed by atoms with Crippen LogP contribution in [0.15, 0.2) is 54.9 Å². The fraction of sp³-hybridized carbons (Fsp3) is 0.361. The van der Waals surface area contributed by atoms with Gasteiger partial charge in [-0.2, -0.15) is 0 Å². The first-order chi connectivity index (χ1) is 24.2. The zero-order valence-corrected chi connectivity index (χ0v) is 29.4. The molecule has 11 nitrogen and oxygen atoms in total. The fourth-order valence-corrected chi connectivity index (χ4v) is 6.85. The second-order valence-electron chi connectivity index (χ2n) is 12.5. The lowest BCUT2D eigenvalue weighted by Crippen LogP contribution is -2.44. The highest BCUT2D eigenvalue weighted by Gasteiger charge is 2.23. The molecule has 2 fully saturated rings. The topological polar surface area (TPSA) is 133 Å². The molecule has 6 rings (SSSR count). The number of nitrogens with zero attached hydrogens (tertiary/aromatic N) is 4. The SMILES string of the molecule is COc1nc(-c2ccnc(-c3cccc(Nc4nccc(CNC5CCN(C(C)=O)CC5)c4F)c3Cl)c2Cl)ccc1CNCC1CNC(=O)C1. The van der Waals surface area contributed by atoms with Crippen molar-refractivity contribution in [3.63, 3.8) is 0 Å². The fourth-order valence-electron chi connectivity index (χ4n) is 6.28. The third-order valence-corrected chi connectivity index (χ3v) is 9.90. The predicted octanol–water partition coefficient (Wildman–Crippen LogP) is 5.73. The quantitative estimate of drug-likeness (QED) is 0.145. The molecular formula is C36H39Cl2FN8O3. The number of rotatable bonds is 12. The summed E-state index contributed by atoms with van der Waals surface area (Å²) in [6.07, 6.45) is 5.34. The molecule has 4 aromatic rings. The number of anilines is 2. The van der Waals surface area contributed by atoms with Gasteiger partial charge >= 0.3 is 0 Å². The van der Waals surface area contributed by atoms with Gasteiger partial charge in [0.2, 0.25) is 17.7 Å². The summed E-state index contributed by atoms with van der Waals surface area (Å²) in [5, 5.41) is 13.4. The van der Waals surface area contributed by atoms with E-state index in [4.69, 9.17) is 32.9 Å². The summed E-state index contributed by atoms with van der Waals surface area (Å²) in [7, 11) is 1.57. The average Bonchev–Trinajstić information content (AvgIpc) is 3.54. The Kier molecular flexibility index (Phi) is 11.4. The molecule has 50 heavy (non-hydrogen) atoms. The van der Waals surface area contributed by atoms with E-state index in [1.54, 1.807) is 56.8 Å². The van der Waals surface area contributed by atoms with Crippen molar-refractivity contribution >= 4 is 46.5 Å². The standard InChI is InChI=1S/C36H39Cl2FN8O3/c1-21(48)47-14-10-25(11-15-47)43-20-23-8-12-42-35(33(23)39)45-29-5-3-4-27(31(29)37)34-32(38)26(9-13-41-34)28-7-6-24(36(46-28)50-2)19-40-17-22-16-30(49)44-18-22/h3-9,12-13,22,25,40,43H,10-11,14-20H2,1-2H3,(H,42,45)(H,44,49). The number of pyridine rings is 3.